The molecule has 0 aliphatic heterocycles. The van der Waals surface area contributed by atoms with Gasteiger partial charge < -0.3 is 10.1 Å². The second kappa shape index (κ2) is 9.47. The molecule has 7 heteroatoms. The van der Waals surface area contributed by atoms with Gasteiger partial charge in [0.2, 0.25) is 10.0 Å². The minimum Gasteiger partial charge on any atom is -0.383 e. The Labute approximate surface area is 140 Å². The highest BCUT2D eigenvalue weighted by molar-refractivity contribution is 7.89. The van der Waals surface area contributed by atoms with Gasteiger partial charge in [-0.2, -0.15) is 0 Å². The smallest absolute Gasteiger partial charge is 0.241 e. The van der Waals surface area contributed by atoms with Crippen LogP contribution in [0.15, 0.2) is 11.0 Å². The summed E-state index contributed by atoms with van der Waals surface area (Å²) in [5, 5.41) is 3.11. The zero-order chi connectivity index (χ0) is 16.0. The molecule has 0 amide bonds. The molecule has 0 spiro atoms. The van der Waals surface area contributed by atoms with Crippen molar-refractivity contribution in [2.45, 2.75) is 32.6 Å². The van der Waals surface area contributed by atoms with E-state index in [1.54, 1.807) is 7.11 Å². The maximum Gasteiger partial charge on any atom is 0.241 e. The van der Waals surface area contributed by atoms with Crippen molar-refractivity contribution in [2.75, 3.05) is 33.4 Å². The summed E-state index contributed by atoms with van der Waals surface area (Å²) < 4.78 is 32.6. The lowest BCUT2D eigenvalue weighted by atomic mass is 10.0. The van der Waals surface area contributed by atoms with Crippen molar-refractivity contribution in [2.24, 2.45) is 0 Å². The Bertz CT molecular complexity index is 563. The van der Waals surface area contributed by atoms with Crippen LogP contribution >= 0.6 is 12.4 Å². The molecule has 0 atom stereocenters. The zero-order valence-corrected chi connectivity index (χ0v) is 15.6. The molecular weight excluding hydrogens is 324 g/mol. The lowest BCUT2D eigenvalue weighted by molar-refractivity contribution is 0.199. The van der Waals surface area contributed by atoms with Crippen LogP contribution in [0.3, 0.4) is 0 Å². The molecule has 0 aromatic heterocycles. The van der Waals surface area contributed by atoms with E-state index in [0.717, 1.165) is 22.3 Å². The number of halogens is 1. The van der Waals surface area contributed by atoms with Crippen LogP contribution < -0.4 is 10.0 Å². The molecule has 0 heterocycles. The Morgan fingerprint density at radius 2 is 1.55 bits per heavy atom. The lowest BCUT2D eigenvalue weighted by Gasteiger charge is -2.16. The minimum atomic E-state index is -3.48. The molecule has 1 aromatic rings. The number of nitrogens with one attached hydrogen (secondary N) is 2. The standard InChI is InChI=1S/C15H26N2O3S.ClH/c1-11-10-12(2)14(4)15(13(11)3)21(18,19)17-7-6-16-8-9-20-5;/h10,16-17H,6-9H2,1-5H3;1H. The molecule has 0 unspecified atom stereocenters. The van der Waals surface area contributed by atoms with E-state index in [0.29, 0.717) is 31.1 Å². The highest BCUT2D eigenvalue weighted by Crippen LogP contribution is 2.25. The maximum atomic E-state index is 12.5. The molecule has 1 aromatic carbocycles. The molecule has 0 radical (unpaired) electrons. The predicted octanol–water partition coefficient (Wildman–Crippen LogP) is 1.86. The van der Waals surface area contributed by atoms with Gasteiger partial charge in [0.05, 0.1) is 11.5 Å². The predicted molar refractivity (Wildman–Crippen MR) is 92.6 cm³/mol. The Kier molecular flexibility index (Phi) is 9.19. The van der Waals surface area contributed by atoms with Crippen LogP contribution in [0, 0.1) is 27.7 Å². The molecular formula is C15H27ClN2O3S. The zero-order valence-electron chi connectivity index (χ0n) is 13.9. The van der Waals surface area contributed by atoms with Crippen LogP contribution in [0.25, 0.3) is 0 Å². The third-order valence-corrected chi connectivity index (χ3v) is 5.38. The van der Waals surface area contributed by atoms with Gasteiger partial charge in [-0.25, -0.2) is 13.1 Å². The highest BCUT2D eigenvalue weighted by Gasteiger charge is 2.21. The molecule has 5 nitrogen and oxygen atoms in total. The summed E-state index contributed by atoms with van der Waals surface area (Å²) in [4.78, 5) is 0.414. The van der Waals surface area contributed by atoms with Gasteiger partial charge in [-0.15, -0.1) is 12.4 Å². The van der Waals surface area contributed by atoms with Crippen LogP contribution in [-0.2, 0) is 14.8 Å². The first-order valence-corrected chi connectivity index (χ1v) is 8.56. The monoisotopic (exact) mass is 350 g/mol. The van der Waals surface area contributed by atoms with Gasteiger partial charge in [0.1, 0.15) is 0 Å². The molecule has 1 rings (SSSR count). The van der Waals surface area contributed by atoms with Gasteiger partial charge >= 0.3 is 0 Å². The minimum absolute atomic E-state index is 0. The van der Waals surface area contributed by atoms with E-state index in [2.05, 4.69) is 10.0 Å². The fourth-order valence-corrected chi connectivity index (χ4v) is 3.87. The first kappa shape index (κ1) is 21.3. The van der Waals surface area contributed by atoms with E-state index in [9.17, 15) is 8.42 Å². The quantitative estimate of drug-likeness (QED) is 0.702. The van der Waals surface area contributed by atoms with Gasteiger partial charge in [0.25, 0.3) is 0 Å². The molecule has 0 fully saturated rings. The van der Waals surface area contributed by atoms with Crippen LogP contribution in [0.5, 0.6) is 0 Å². The number of sulfonamides is 1. The Morgan fingerprint density at radius 1 is 1.00 bits per heavy atom. The third-order valence-electron chi connectivity index (χ3n) is 3.64. The summed E-state index contributed by atoms with van der Waals surface area (Å²) in [5.41, 5.74) is 3.63. The number of hydrogen-bond acceptors (Lipinski definition) is 4. The van der Waals surface area contributed by atoms with Crippen LogP contribution in [0.2, 0.25) is 0 Å². The van der Waals surface area contributed by atoms with Crippen LogP contribution in [-0.4, -0.2) is 41.8 Å². The summed E-state index contributed by atoms with van der Waals surface area (Å²) in [7, 11) is -1.85. The molecule has 0 saturated heterocycles. The van der Waals surface area contributed by atoms with Crippen molar-refractivity contribution in [3.63, 3.8) is 0 Å². The topological polar surface area (TPSA) is 67.4 Å². The Balaban J connectivity index is 0.00000441. The summed E-state index contributed by atoms with van der Waals surface area (Å²) >= 11 is 0. The van der Waals surface area contributed by atoms with Crippen molar-refractivity contribution >= 4 is 22.4 Å². The second-order valence-electron chi connectivity index (χ2n) is 5.23. The van der Waals surface area contributed by atoms with E-state index in [1.165, 1.54) is 0 Å². The fraction of sp³-hybridized carbons (Fsp3) is 0.600. The molecule has 0 saturated carbocycles. The number of ether oxygens (including phenoxy) is 1. The normalized spacial score (nSPS) is 11.3. The number of aryl methyl sites for hydroxylation is 2. The number of benzene rings is 1. The van der Waals surface area contributed by atoms with Crippen LogP contribution in [0.4, 0.5) is 0 Å². The summed E-state index contributed by atoms with van der Waals surface area (Å²) in [6.45, 7) is 9.84. The molecule has 2 N–H and O–H groups in total. The number of rotatable bonds is 8. The van der Waals surface area contributed by atoms with Crippen molar-refractivity contribution in [3.05, 3.63) is 28.3 Å². The van der Waals surface area contributed by atoms with Crippen molar-refractivity contribution in [3.8, 4) is 0 Å². The SMILES string of the molecule is COCCNCCNS(=O)(=O)c1c(C)c(C)cc(C)c1C.Cl. The summed E-state index contributed by atoms with van der Waals surface area (Å²) in [6.07, 6.45) is 0. The lowest BCUT2D eigenvalue weighted by Crippen LogP contribution is -2.33. The third kappa shape index (κ3) is 5.52. The van der Waals surface area contributed by atoms with Gasteiger partial charge in [0.15, 0.2) is 0 Å². The largest absolute Gasteiger partial charge is 0.383 e. The van der Waals surface area contributed by atoms with Gasteiger partial charge in [-0.3, -0.25) is 0 Å². The molecule has 128 valence electrons. The van der Waals surface area contributed by atoms with E-state index in [1.807, 2.05) is 33.8 Å². The molecule has 22 heavy (non-hydrogen) atoms. The average Bonchev–Trinajstić information content (AvgIpc) is 2.40. The fourth-order valence-electron chi connectivity index (χ4n) is 2.23. The maximum absolute atomic E-state index is 12.5. The van der Waals surface area contributed by atoms with E-state index >= 15 is 0 Å². The first-order valence-electron chi connectivity index (χ1n) is 7.08. The van der Waals surface area contributed by atoms with E-state index < -0.39 is 10.0 Å². The molecule has 0 aliphatic carbocycles. The van der Waals surface area contributed by atoms with E-state index in [-0.39, 0.29) is 12.4 Å². The number of methoxy groups -OCH3 is 1. The van der Waals surface area contributed by atoms with Gasteiger partial charge in [0, 0.05) is 26.7 Å². The first-order chi connectivity index (χ1) is 9.81. The van der Waals surface area contributed by atoms with Crippen molar-refractivity contribution in [1.82, 2.24) is 10.0 Å². The average molecular weight is 351 g/mol. The molecule has 0 bridgehead atoms. The van der Waals surface area contributed by atoms with Crippen molar-refractivity contribution in [1.29, 1.82) is 0 Å². The van der Waals surface area contributed by atoms with E-state index in [4.69, 9.17) is 4.74 Å². The Morgan fingerprint density at radius 3 is 2.05 bits per heavy atom. The van der Waals surface area contributed by atoms with Gasteiger partial charge in [-0.1, -0.05) is 6.07 Å². The second-order valence-corrected chi connectivity index (χ2v) is 6.93. The van der Waals surface area contributed by atoms with Gasteiger partial charge in [-0.05, 0) is 49.9 Å². The highest BCUT2D eigenvalue weighted by atomic mass is 35.5. The Hall–Kier alpha value is -0.660. The van der Waals surface area contributed by atoms with Crippen molar-refractivity contribution < 1.29 is 13.2 Å². The molecule has 0 aliphatic rings. The van der Waals surface area contributed by atoms with Crippen LogP contribution in [0.1, 0.15) is 22.3 Å². The number of hydrogen-bond donors (Lipinski definition) is 2. The summed E-state index contributed by atoms with van der Waals surface area (Å²) in [6, 6.07) is 2.02. The summed E-state index contributed by atoms with van der Waals surface area (Å²) in [5.74, 6) is 0.